The smallest absolute Gasteiger partial charge is 0.0303 e. The Hall–Kier alpha value is -0.480. The van der Waals surface area contributed by atoms with Crippen LogP contribution in [0.15, 0.2) is 18.4 Å². The minimum Gasteiger partial charge on any atom is -0.133 e. The van der Waals surface area contributed by atoms with Gasteiger partial charge in [0.15, 0.2) is 0 Å². The van der Waals surface area contributed by atoms with E-state index in [1.165, 1.54) is 0 Å². The molecule has 0 unspecified atom stereocenters. The van der Waals surface area contributed by atoms with Crippen LogP contribution in [-0.2, 0) is 0 Å². The number of rotatable bonds is 1. The van der Waals surface area contributed by atoms with Crippen LogP contribution in [0.4, 0.5) is 0 Å². The van der Waals surface area contributed by atoms with E-state index in [9.17, 15) is 0 Å². The van der Waals surface area contributed by atoms with Gasteiger partial charge in [-0.05, 0) is 12.5 Å². The van der Waals surface area contributed by atoms with Crippen LogP contribution in [0, 0.1) is 0 Å². The third kappa shape index (κ3) is 29.6. The maximum absolute atomic E-state index is 3.37. The van der Waals surface area contributed by atoms with Crippen LogP contribution in [-0.4, -0.2) is 0 Å². The van der Waals surface area contributed by atoms with Crippen LogP contribution in [0.25, 0.3) is 0 Å². The van der Waals surface area contributed by atoms with Crippen molar-refractivity contribution in [1.82, 2.24) is 0 Å². The lowest BCUT2D eigenvalue weighted by atomic mass is 10.5. The summed E-state index contributed by atoms with van der Waals surface area (Å²) in [5.41, 5.74) is 2.64. The normalized spacial score (nSPS) is 5.00. The number of allylic oxidation sites excluding steroid dienone is 1. The van der Waals surface area contributed by atoms with Crippen LogP contribution >= 0.6 is 0 Å². The second-order valence-electron chi connectivity index (χ2n) is 0.816. The monoisotopic (exact) mass is 98.1 g/mol. The van der Waals surface area contributed by atoms with Crippen molar-refractivity contribution in [1.29, 1.82) is 0 Å². The van der Waals surface area contributed by atoms with E-state index < -0.39 is 0 Å². The van der Waals surface area contributed by atoms with Gasteiger partial charge >= 0.3 is 0 Å². The van der Waals surface area contributed by atoms with Gasteiger partial charge in [0.25, 0.3) is 0 Å². The first-order chi connectivity index (χ1) is 3.41. The Morgan fingerprint density at radius 3 is 2.00 bits per heavy atom. The molecule has 0 N–H and O–H groups in total. The van der Waals surface area contributed by atoms with Crippen molar-refractivity contribution >= 4 is 0 Å². The first kappa shape index (κ1) is 9.72. The highest BCUT2D eigenvalue weighted by Gasteiger charge is 1.49. The third-order valence-electron chi connectivity index (χ3n) is 0.348. The van der Waals surface area contributed by atoms with Crippen LogP contribution in [0.5, 0.6) is 0 Å². The molecular weight excluding hydrogens is 84.1 g/mol. The largest absolute Gasteiger partial charge is 0.133 e. The minimum atomic E-state index is 1.05. The molecule has 0 saturated heterocycles. The van der Waals surface area contributed by atoms with Gasteiger partial charge in [-0.1, -0.05) is 27.4 Å². The summed E-state index contributed by atoms with van der Waals surface area (Å²) in [7, 11) is 0. The summed E-state index contributed by atoms with van der Waals surface area (Å²) in [6.07, 6.45) is 2.93. The van der Waals surface area contributed by atoms with Gasteiger partial charge in [-0.2, -0.15) is 0 Å². The molecule has 0 atom stereocenters. The predicted molar refractivity (Wildman–Crippen MR) is 35.3 cm³/mol. The first-order valence-corrected chi connectivity index (χ1v) is 2.76. The van der Waals surface area contributed by atoms with Crippen molar-refractivity contribution in [2.24, 2.45) is 0 Å². The first-order valence-electron chi connectivity index (χ1n) is 2.76. The van der Waals surface area contributed by atoms with Crippen molar-refractivity contribution in [2.45, 2.75) is 27.2 Å². The zero-order chi connectivity index (χ0) is 6.12. The molecular formula is C7H14. The van der Waals surface area contributed by atoms with E-state index in [0.717, 1.165) is 6.42 Å². The topological polar surface area (TPSA) is 0 Å². The zero-order valence-electron chi connectivity index (χ0n) is 5.49. The Kier molecular flexibility index (Phi) is 24.7. The van der Waals surface area contributed by atoms with Gasteiger partial charge < -0.3 is 0 Å². The predicted octanol–water partition coefficient (Wildman–Crippen LogP) is 2.76. The fraction of sp³-hybridized carbons (Fsp3) is 0.571. The molecule has 0 amide bonds. The molecule has 0 saturated carbocycles. The average molecular weight is 98.2 g/mol. The molecule has 0 spiro atoms. The molecule has 0 aliphatic heterocycles. The van der Waals surface area contributed by atoms with Gasteiger partial charge in [-0.3, -0.25) is 0 Å². The molecule has 7 heavy (non-hydrogen) atoms. The van der Waals surface area contributed by atoms with Crippen molar-refractivity contribution in [3.05, 3.63) is 18.4 Å². The lowest BCUT2D eigenvalue weighted by Crippen LogP contribution is -1.39. The summed E-state index contributed by atoms with van der Waals surface area (Å²) < 4.78 is 0. The van der Waals surface area contributed by atoms with Crippen molar-refractivity contribution in [3.63, 3.8) is 0 Å². The Morgan fingerprint density at radius 1 is 1.57 bits per heavy atom. The van der Waals surface area contributed by atoms with Gasteiger partial charge in [0.2, 0.25) is 0 Å². The molecule has 0 rings (SSSR count). The third-order valence-corrected chi connectivity index (χ3v) is 0.348. The fourth-order valence-electron chi connectivity index (χ4n) is 0.144. The highest BCUT2D eigenvalue weighted by atomic mass is 13.6. The molecule has 0 aromatic heterocycles. The standard InChI is InChI=1S/C5H8.C2H6/c1-3-5-4-2;1-2/h5H,1,4H2,2H3;1-2H3. The molecule has 0 aromatic carbocycles. The van der Waals surface area contributed by atoms with Gasteiger partial charge in [-0.15, -0.1) is 5.73 Å². The van der Waals surface area contributed by atoms with E-state index in [2.05, 4.69) is 19.2 Å². The average Bonchev–Trinajstić information content (AvgIpc) is 1.75. The van der Waals surface area contributed by atoms with E-state index in [0.29, 0.717) is 0 Å². The van der Waals surface area contributed by atoms with Crippen molar-refractivity contribution < 1.29 is 0 Å². The van der Waals surface area contributed by atoms with Crippen LogP contribution in [0.2, 0.25) is 0 Å². The molecule has 0 heteroatoms. The molecule has 0 nitrogen and oxygen atoms in total. The molecule has 42 valence electrons. The van der Waals surface area contributed by atoms with E-state index in [-0.39, 0.29) is 0 Å². The summed E-state index contributed by atoms with van der Waals surface area (Å²) in [6.45, 7) is 9.42. The van der Waals surface area contributed by atoms with Crippen molar-refractivity contribution in [2.75, 3.05) is 0 Å². The zero-order valence-corrected chi connectivity index (χ0v) is 5.49. The number of hydrogen-bond donors (Lipinski definition) is 0. The second-order valence-corrected chi connectivity index (χ2v) is 0.816. The molecule has 0 fully saturated rings. The molecule has 0 aromatic rings. The summed E-state index contributed by atoms with van der Waals surface area (Å²) >= 11 is 0. The maximum atomic E-state index is 3.37. The number of hydrogen-bond acceptors (Lipinski definition) is 0. The van der Waals surface area contributed by atoms with E-state index >= 15 is 0 Å². The molecule has 0 heterocycles. The molecule has 0 aliphatic carbocycles. The van der Waals surface area contributed by atoms with Gasteiger partial charge in [0.1, 0.15) is 0 Å². The van der Waals surface area contributed by atoms with E-state index in [1.807, 2.05) is 19.9 Å². The second kappa shape index (κ2) is 17.8. The lowest BCUT2D eigenvalue weighted by Gasteiger charge is -1.59. The Labute approximate surface area is 46.6 Å². The lowest BCUT2D eigenvalue weighted by molar-refractivity contribution is 1.23. The molecule has 0 radical (unpaired) electrons. The highest BCUT2D eigenvalue weighted by molar-refractivity contribution is 4.72. The highest BCUT2D eigenvalue weighted by Crippen LogP contribution is 1.69. The maximum Gasteiger partial charge on any atom is -0.0303 e. The quantitative estimate of drug-likeness (QED) is 0.442. The van der Waals surface area contributed by atoms with Crippen LogP contribution in [0.1, 0.15) is 27.2 Å². The summed E-state index contributed by atoms with van der Waals surface area (Å²) in [5.74, 6) is 0. The van der Waals surface area contributed by atoms with E-state index in [4.69, 9.17) is 0 Å². The SMILES string of the molecule is C=C=CCC.CC. The Morgan fingerprint density at radius 2 is 2.00 bits per heavy atom. The summed E-state index contributed by atoms with van der Waals surface area (Å²) in [5, 5.41) is 0. The van der Waals surface area contributed by atoms with Gasteiger partial charge in [0, 0.05) is 0 Å². The molecule has 0 bridgehead atoms. The van der Waals surface area contributed by atoms with Crippen LogP contribution in [0.3, 0.4) is 0 Å². The van der Waals surface area contributed by atoms with Gasteiger partial charge in [-0.25, -0.2) is 0 Å². The Bertz CT molecular complexity index is 47.1. The van der Waals surface area contributed by atoms with E-state index in [1.54, 1.807) is 0 Å². The Balaban J connectivity index is 0. The fourth-order valence-corrected chi connectivity index (χ4v) is 0.144. The molecule has 0 aliphatic rings. The minimum absolute atomic E-state index is 1.05. The summed E-state index contributed by atoms with van der Waals surface area (Å²) in [6, 6.07) is 0. The van der Waals surface area contributed by atoms with Crippen LogP contribution < -0.4 is 0 Å². The summed E-state index contributed by atoms with van der Waals surface area (Å²) in [4.78, 5) is 0. The van der Waals surface area contributed by atoms with Gasteiger partial charge in [0.05, 0.1) is 0 Å². The van der Waals surface area contributed by atoms with Crippen molar-refractivity contribution in [3.8, 4) is 0 Å².